The first kappa shape index (κ1) is 43.1. The standard InChI is InChI=1S/C42H71O4P/c1-3-5-7-9-11-13-15-17-19-21-23-25-27-29-34-38-41(43)47(45,46-40-36-32-31-33-37-40)42(44)39-35-30-28-26-24-22-20-18-16-14-12-10-8-6-4-2/h17-20,31-33,36-37H,3-16,21-30,34-35,38-39H2,1-2H3/b19-17-,20-18-. The molecule has 0 saturated heterocycles. The van der Waals surface area contributed by atoms with Crippen LogP contribution in [0.2, 0.25) is 0 Å². The minimum absolute atomic E-state index is 0.139. The molecule has 0 bridgehead atoms. The fourth-order valence-electron chi connectivity index (χ4n) is 5.86. The van der Waals surface area contributed by atoms with Crippen molar-refractivity contribution in [1.82, 2.24) is 0 Å². The molecule has 1 aromatic rings. The number of carbonyl (C=O) groups excluding carboxylic acids is 2. The van der Waals surface area contributed by atoms with Gasteiger partial charge in [-0.05, 0) is 76.3 Å². The van der Waals surface area contributed by atoms with Crippen molar-refractivity contribution in [3.8, 4) is 5.75 Å². The van der Waals surface area contributed by atoms with Gasteiger partial charge in [-0.25, -0.2) is 0 Å². The molecule has 5 heteroatoms. The lowest BCUT2D eigenvalue weighted by Crippen LogP contribution is -2.14. The number of carbonyl (C=O) groups is 2. The average molecular weight is 671 g/mol. The van der Waals surface area contributed by atoms with Gasteiger partial charge in [-0.15, -0.1) is 0 Å². The summed E-state index contributed by atoms with van der Waals surface area (Å²) in [7, 11) is -4.10. The molecule has 47 heavy (non-hydrogen) atoms. The Kier molecular flexibility index (Phi) is 28.7. The van der Waals surface area contributed by atoms with Crippen molar-refractivity contribution in [2.24, 2.45) is 0 Å². The normalized spacial score (nSPS) is 12.0. The van der Waals surface area contributed by atoms with Gasteiger partial charge < -0.3 is 4.52 Å². The molecule has 0 unspecified atom stereocenters. The van der Waals surface area contributed by atoms with Crippen molar-refractivity contribution in [3.05, 3.63) is 54.6 Å². The minimum Gasteiger partial charge on any atom is -0.433 e. The van der Waals surface area contributed by atoms with Crippen LogP contribution in [0.25, 0.3) is 0 Å². The van der Waals surface area contributed by atoms with E-state index < -0.39 is 18.4 Å². The highest BCUT2D eigenvalue weighted by Crippen LogP contribution is 2.51. The summed E-state index contributed by atoms with van der Waals surface area (Å²) in [6.07, 6.45) is 40.0. The number of para-hydroxylation sites is 1. The smallest absolute Gasteiger partial charge is 0.376 e. The summed E-state index contributed by atoms with van der Waals surface area (Å²) in [6.45, 7) is 4.51. The second-order valence-corrected chi connectivity index (χ2v) is 15.7. The van der Waals surface area contributed by atoms with Crippen molar-refractivity contribution >= 4 is 18.4 Å². The van der Waals surface area contributed by atoms with Crippen molar-refractivity contribution in [3.63, 3.8) is 0 Å². The quantitative estimate of drug-likeness (QED) is 0.0416. The van der Waals surface area contributed by atoms with Crippen LogP contribution in [0.15, 0.2) is 54.6 Å². The van der Waals surface area contributed by atoms with Crippen LogP contribution in [0.5, 0.6) is 5.75 Å². The van der Waals surface area contributed by atoms with E-state index in [4.69, 9.17) is 4.52 Å². The number of allylic oxidation sites excluding steroid dienone is 4. The molecule has 268 valence electrons. The van der Waals surface area contributed by atoms with E-state index in [1.165, 1.54) is 89.9 Å². The molecule has 1 rings (SSSR count). The van der Waals surface area contributed by atoms with Crippen LogP contribution in [-0.4, -0.2) is 11.0 Å². The highest BCUT2D eigenvalue weighted by molar-refractivity contribution is 7.90. The molecule has 1 aromatic carbocycles. The maximum atomic E-state index is 13.8. The van der Waals surface area contributed by atoms with E-state index in [9.17, 15) is 14.2 Å². The second kappa shape index (κ2) is 31.3. The molecular formula is C42H71O4P. The summed E-state index contributed by atoms with van der Waals surface area (Å²) in [4.78, 5) is 26.4. The van der Waals surface area contributed by atoms with Gasteiger partial charge in [0.1, 0.15) is 5.75 Å². The summed E-state index contributed by atoms with van der Waals surface area (Å²) in [6, 6.07) is 8.69. The molecule has 0 spiro atoms. The van der Waals surface area contributed by atoms with Crippen LogP contribution in [0.1, 0.15) is 194 Å². The van der Waals surface area contributed by atoms with Crippen LogP contribution in [0, 0.1) is 0 Å². The highest BCUT2D eigenvalue weighted by atomic mass is 31.2. The highest BCUT2D eigenvalue weighted by Gasteiger charge is 2.41. The van der Waals surface area contributed by atoms with Crippen LogP contribution in [-0.2, 0) is 14.2 Å². The van der Waals surface area contributed by atoms with Crippen molar-refractivity contribution in [2.75, 3.05) is 0 Å². The van der Waals surface area contributed by atoms with Crippen LogP contribution in [0.4, 0.5) is 0 Å². The molecule has 0 aliphatic rings. The predicted molar refractivity (Wildman–Crippen MR) is 204 cm³/mol. The molecule has 4 nitrogen and oxygen atoms in total. The largest absolute Gasteiger partial charge is 0.433 e. The SMILES string of the molecule is CCCCCCCC/C=C\CCCCCCCC(=O)P(=O)(Oc1ccccc1)C(=O)CCCCCCC/C=C\CCCCCCCC. The molecule has 0 radical (unpaired) electrons. The summed E-state index contributed by atoms with van der Waals surface area (Å²) in [5, 5.41) is 0. The molecule has 0 saturated carbocycles. The Bertz CT molecular complexity index is 928. The van der Waals surface area contributed by atoms with Gasteiger partial charge in [0.15, 0.2) is 0 Å². The molecule has 0 aliphatic heterocycles. The Labute approximate surface area is 290 Å². The van der Waals surface area contributed by atoms with E-state index in [1.54, 1.807) is 24.3 Å². The fourth-order valence-corrected chi connectivity index (χ4v) is 7.66. The molecule has 0 N–H and O–H groups in total. The van der Waals surface area contributed by atoms with E-state index >= 15 is 0 Å². The molecule has 0 aromatic heterocycles. The number of hydrogen-bond donors (Lipinski definition) is 0. The summed E-state index contributed by atoms with van der Waals surface area (Å²) >= 11 is 0. The number of unbranched alkanes of at least 4 members (excludes halogenated alkanes) is 22. The van der Waals surface area contributed by atoms with Gasteiger partial charge in [-0.1, -0.05) is 159 Å². The third-order valence-corrected chi connectivity index (χ3v) is 11.2. The third kappa shape index (κ3) is 23.9. The first-order valence-corrected chi connectivity index (χ1v) is 21.4. The van der Waals surface area contributed by atoms with Gasteiger partial charge in [0, 0.05) is 12.8 Å². The topological polar surface area (TPSA) is 60.4 Å². The Morgan fingerprint density at radius 2 is 0.809 bits per heavy atom. The Balaban J connectivity index is 2.27. The molecule has 0 aliphatic carbocycles. The van der Waals surface area contributed by atoms with Gasteiger partial charge in [-0.3, -0.25) is 14.2 Å². The van der Waals surface area contributed by atoms with Gasteiger partial charge in [0.25, 0.3) is 0 Å². The lowest BCUT2D eigenvalue weighted by molar-refractivity contribution is -0.116. The lowest BCUT2D eigenvalue weighted by atomic mass is 10.1. The van der Waals surface area contributed by atoms with Gasteiger partial charge in [-0.2, -0.15) is 0 Å². The van der Waals surface area contributed by atoms with E-state index in [0.29, 0.717) is 18.6 Å². The zero-order chi connectivity index (χ0) is 34.1. The zero-order valence-electron chi connectivity index (χ0n) is 30.6. The van der Waals surface area contributed by atoms with Crippen molar-refractivity contribution in [1.29, 1.82) is 0 Å². The first-order chi connectivity index (χ1) is 23.0. The Hall–Kier alpha value is -1.93. The minimum atomic E-state index is -4.10. The molecule has 0 atom stereocenters. The van der Waals surface area contributed by atoms with E-state index in [-0.39, 0.29) is 12.8 Å². The Morgan fingerprint density at radius 1 is 0.489 bits per heavy atom. The van der Waals surface area contributed by atoms with Gasteiger partial charge in [0.2, 0.25) is 11.0 Å². The maximum Gasteiger partial charge on any atom is 0.376 e. The third-order valence-electron chi connectivity index (χ3n) is 8.94. The van der Waals surface area contributed by atoms with Crippen LogP contribution < -0.4 is 4.52 Å². The average Bonchev–Trinajstić information content (AvgIpc) is 3.08. The number of rotatable bonds is 34. The summed E-state index contributed by atoms with van der Waals surface area (Å²) in [5.41, 5.74) is -1.03. The fraction of sp³-hybridized carbons (Fsp3) is 0.714. The maximum absolute atomic E-state index is 13.8. The van der Waals surface area contributed by atoms with Gasteiger partial charge >= 0.3 is 7.37 Å². The summed E-state index contributed by atoms with van der Waals surface area (Å²) < 4.78 is 19.5. The lowest BCUT2D eigenvalue weighted by Gasteiger charge is -2.17. The zero-order valence-corrected chi connectivity index (χ0v) is 31.5. The number of hydrogen-bond acceptors (Lipinski definition) is 4. The second-order valence-electron chi connectivity index (χ2n) is 13.4. The monoisotopic (exact) mass is 671 g/mol. The number of benzene rings is 1. The predicted octanol–water partition coefficient (Wildman–Crippen LogP) is 14.5. The van der Waals surface area contributed by atoms with Crippen molar-refractivity contribution in [2.45, 2.75) is 194 Å². The van der Waals surface area contributed by atoms with Gasteiger partial charge in [0.05, 0.1) is 0 Å². The Morgan fingerprint density at radius 3 is 1.17 bits per heavy atom. The van der Waals surface area contributed by atoms with Crippen LogP contribution >= 0.6 is 7.37 Å². The van der Waals surface area contributed by atoms with E-state index in [1.807, 2.05) is 6.07 Å². The van der Waals surface area contributed by atoms with E-state index in [2.05, 4.69) is 38.2 Å². The van der Waals surface area contributed by atoms with Crippen molar-refractivity contribution < 1.29 is 18.7 Å². The molecule has 0 heterocycles. The van der Waals surface area contributed by atoms with E-state index in [0.717, 1.165) is 64.2 Å². The first-order valence-electron chi connectivity index (χ1n) is 19.8. The molecular weight excluding hydrogens is 599 g/mol. The molecule has 0 amide bonds. The molecule has 0 fully saturated rings. The van der Waals surface area contributed by atoms with Crippen LogP contribution in [0.3, 0.4) is 0 Å². The summed E-state index contributed by atoms with van der Waals surface area (Å²) in [5.74, 6) is 0.326.